The molecular weight excluding hydrogens is 316 g/mol. The molecule has 7 heteroatoms. The summed E-state index contributed by atoms with van der Waals surface area (Å²) in [6, 6.07) is 4.05. The number of carbonyl (C=O) groups excluding carboxylic acids is 1. The predicted molar refractivity (Wildman–Crippen MR) is 94.4 cm³/mol. The van der Waals surface area contributed by atoms with Crippen LogP contribution in [-0.4, -0.2) is 48.4 Å². The smallest absolute Gasteiger partial charge is 0.254 e. The second-order valence-electron chi connectivity index (χ2n) is 6.75. The monoisotopic (exact) mass is 338 g/mol. The zero-order chi connectivity index (χ0) is 17.6. The van der Waals surface area contributed by atoms with E-state index < -0.39 is 0 Å². The average molecular weight is 338 g/mol. The number of carbonyl (C=O) groups is 1. The molecule has 0 spiro atoms. The highest BCUT2D eigenvalue weighted by molar-refractivity contribution is 6.06. The molecule has 4 heterocycles. The summed E-state index contributed by atoms with van der Waals surface area (Å²) >= 11 is 0. The van der Waals surface area contributed by atoms with Crippen molar-refractivity contribution in [3.63, 3.8) is 0 Å². The minimum absolute atomic E-state index is 0.0588. The number of pyridine rings is 1. The molecule has 1 amide bonds. The normalized spacial score (nSPS) is 18.0. The third-order valence-electron chi connectivity index (χ3n) is 4.91. The van der Waals surface area contributed by atoms with Crippen LogP contribution in [0.4, 0.5) is 0 Å². The molecule has 7 nitrogen and oxygen atoms in total. The Morgan fingerprint density at radius 1 is 1.32 bits per heavy atom. The molecule has 25 heavy (non-hydrogen) atoms. The Hall–Kier alpha value is -2.70. The maximum absolute atomic E-state index is 13.3. The molecule has 0 bridgehead atoms. The fourth-order valence-corrected chi connectivity index (χ4v) is 3.76. The summed E-state index contributed by atoms with van der Waals surface area (Å²) in [7, 11) is 1.87. The number of likely N-dealkylation sites (tertiary alicyclic amines) is 1. The maximum Gasteiger partial charge on any atom is 0.254 e. The van der Waals surface area contributed by atoms with Crippen molar-refractivity contribution >= 4 is 16.9 Å². The first-order chi connectivity index (χ1) is 12.0. The zero-order valence-electron chi connectivity index (χ0n) is 14.8. The van der Waals surface area contributed by atoms with E-state index in [-0.39, 0.29) is 11.9 Å². The Labute approximate surface area is 146 Å². The zero-order valence-corrected chi connectivity index (χ0v) is 14.8. The number of hydrogen-bond acceptors (Lipinski definition) is 4. The Morgan fingerprint density at radius 3 is 2.92 bits per heavy atom. The van der Waals surface area contributed by atoms with Crippen LogP contribution in [0.5, 0.6) is 0 Å². The molecule has 1 fully saturated rings. The average Bonchev–Trinajstić information content (AvgIpc) is 3.23. The van der Waals surface area contributed by atoms with E-state index in [1.165, 1.54) is 0 Å². The molecule has 0 saturated carbocycles. The van der Waals surface area contributed by atoms with Gasteiger partial charge in [0.25, 0.3) is 5.91 Å². The van der Waals surface area contributed by atoms with Crippen LogP contribution in [0.2, 0.25) is 0 Å². The van der Waals surface area contributed by atoms with Crippen molar-refractivity contribution in [1.82, 2.24) is 29.4 Å². The molecule has 1 atom stereocenters. The summed E-state index contributed by atoms with van der Waals surface area (Å²) in [5.41, 5.74) is 3.14. The summed E-state index contributed by atoms with van der Waals surface area (Å²) < 4.78 is 3.71. The molecule has 0 aliphatic carbocycles. The quantitative estimate of drug-likeness (QED) is 0.719. The Balaban J connectivity index is 1.70. The molecule has 0 unspecified atom stereocenters. The van der Waals surface area contributed by atoms with Gasteiger partial charge in [0.1, 0.15) is 0 Å². The van der Waals surface area contributed by atoms with Gasteiger partial charge in [0.15, 0.2) is 5.65 Å². The second-order valence-corrected chi connectivity index (χ2v) is 6.75. The highest BCUT2D eigenvalue weighted by Gasteiger charge is 2.28. The summed E-state index contributed by atoms with van der Waals surface area (Å²) in [6.07, 6.45) is 5.78. The Kier molecular flexibility index (Phi) is 3.78. The van der Waals surface area contributed by atoms with E-state index in [0.29, 0.717) is 12.1 Å². The SMILES string of the molecule is Cc1cc(C(=O)N2CCC[C@H](n3cccn3)C2)c2c(C)nn(C)c2n1. The lowest BCUT2D eigenvalue weighted by Gasteiger charge is -2.33. The summed E-state index contributed by atoms with van der Waals surface area (Å²) in [6.45, 7) is 5.31. The van der Waals surface area contributed by atoms with Gasteiger partial charge in [-0.15, -0.1) is 0 Å². The number of aromatic nitrogens is 5. The molecule has 130 valence electrons. The minimum atomic E-state index is 0.0588. The summed E-state index contributed by atoms with van der Waals surface area (Å²) in [5.74, 6) is 0.0588. The van der Waals surface area contributed by atoms with Gasteiger partial charge < -0.3 is 4.90 Å². The van der Waals surface area contributed by atoms with E-state index in [4.69, 9.17) is 0 Å². The van der Waals surface area contributed by atoms with Crippen molar-refractivity contribution in [3.8, 4) is 0 Å². The van der Waals surface area contributed by atoms with Gasteiger partial charge >= 0.3 is 0 Å². The predicted octanol–water partition coefficient (Wildman–Crippen LogP) is 2.26. The van der Waals surface area contributed by atoms with E-state index in [9.17, 15) is 4.79 Å². The number of nitrogens with zero attached hydrogens (tertiary/aromatic N) is 6. The van der Waals surface area contributed by atoms with Crippen molar-refractivity contribution in [2.45, 2.75) is 32.7 Å². The van der Waals surface area contributed by atoms with E-state index in [2.05, 4.69) is 15.2 Å². The minimum Gasteiger partial charge on any atom is -0.336 e. The first kappa shape index (κ1) is 15.8. The lowest BCUT2D eigenvalue weighted by molar-refractivity contribution is 0.0674. The third kappa shape index (κ3) is 2.69. The van der Waals surface area contributed by atoms with Crippen molar-refractivity contribution in [1.29, 1.82) is 0 Å². The molecule has 1 aliphatic heterocycles. The fraction of sp³-hybridized carbons (Fsp3) is 0.444. The molecular formula is C18H22N6O. The molecule has 0 N–H and O–H groups in total. The number of rotatable bonds is 2. The van der Waals surface area contributed by atoms with Gasteiger partial charge in [-0.25, -0.2) is 4.98 Å². The first-order valence-corrected chi connectivity index (χ1v) is 8.64. The molecule has 1 saturated heterocycles. The first-order valence-electron chi connectivity index (χ1n) is 8.64. The second kappa shape index (κ2) is 5.98. The van der Waals surface area contributed by atoms with Gasteiger partial charge in [-0.1, -0.05) is 0 Å². The maximum atomic E-state index is 13.3. The van der Waals surface area contributed by atoms with Gasteiger partial charge in [-0.3, -0.25) is 14.2 Å². The summed E-state index contributed by atoms with van der Waals surface area (Å²) in [5, 5.41) is 9.65. The largest absolute Gasteiger partial charge is 0.336 e. The van der Waals surface area contributed by atoms with Crippen molar-refractivity contribution < 1.29 is 4.79 Å². The number of amides is 1. The Bertz CT molecular complexity index is 927. The number of fused-ring (bicyclic) bond motifs is 1. The summed E-state index contributed by atoms with van der Waals surface area (Å²) in [4.78, 5) is 19.8. The molecule has 4 rings (SSSR count). The van der Waals surface area contributed by atoms with Crippen LogP contribution in [0.3, 0.4) is 0 Å². The van der Waals surface area contributed by atoms with Crippen LogP contribution in [-0.2, 0) is 7.05 Å². The van der Waals surface area contributed by atoms with E-state index in [0.717, 1.165) is 41.8 Å². The topological polar surface area (TPSA) is 68.8 Å². The molecule has 0 radical (unpaired) electrons. The fourth-order valence-electron chi connectivity index (χ4n) is 3.76. The van der Waals surface area contributed by atoms with E-state index in [1.807, 2.05) is 48.8 Å². The third-order valence-corrected chi connectivity index (χ3v) is 4.91. The standard InChI is InChI=1S/C18H22N6O/c1-12-10-15(16-13(2)21-22(3)17(16)20-12)18(25)23-8-4-6-14(11-23)24-9-5-7-19-24/h5,7,9-10,14H,4,6,8,11H2,1-3H3/t14-/m0/s1. The van der Waals surface area contributed by atoms with Crippen molar-refractivity contribution in [2.75, 3.05) is 13.1 Å². The molecule has 3 aromatic heterocycles. The van der Waals surface area contributed by atoms with Gasteiger partial charge in [-0.05, 0) is 38.8 Å². The number of piperidine rings is 1. The highest BCUT2D eigenvalue weighted by atomic mass is 16.2. The van der Waals surface area contributed by atoms with Crippen LogP contribution < -0.4 is 0 Å². The lowest BCUT2D eigenvalue weighted by Crippen LogP contribution is -2.41. The van der Waals surface area contributed by atoms with Crippen molar-refractivity contribution in [2.24, 2.45) is 7.05 Å². The van der Waals surface area contributed by atoms with Gasteiger partial charge in [-0.2, -0.15) is 10.2 Å². The van der Waals surface area contributed by atoms with Crippen LogP contribution in [0.15, 0.2) is 24.5 Å². The molecule has 0 aromatic carbocycles. The number of aryl methyl sites for hydroxylation is 3. The lowest BCUT2D eigenvalue weighted by atomic mass is 10.0. The van der Waals surface area contributed by atoms with Crippen LogP contribution in [0.1, 0.15) is 40.6 Å². The van der Waals surface area contributed by atoms with Crippen molar-refractivity contribution in [3.05, 3.63) is 41.5 Å². The molecule has 3 aromatic rings. The van der Waals surface area contributed by atoms with Crippen LogP contribution >= 0.6 is 0 Å². The Morgan fingerprint density at radius 2 is 2.16 bits per heavy atom. The number of hydrogen-bond donors (Lipinski definition) is 0. The van der Waals surface area contributed by atoms with E-state index >= 15 is 0 Å². The molecule has 1 aliphatic rings. The van der Waals surface area contributed by atoms with Crippen LogP contribution in [0, 0.1) is 13.8 Å². The van der Waals surface area contributed by atoms with Gasteiger partial charge in [0, 0.05) is 38.2 Å². The van der Waals surface area contributed by atoms with Gasteiger partial charge in [0.05, 0.1) is 22.7 Å². The van der Waals surface area contributed by atoms with Gasteiger partial charge in [0.2, 0.25) is 0 Å². The van der Waals surface area contributed by atoms with E-state index in [1.54, 1.807) is 10.9 Å². The van der Waals surface area contributed by atoms with Crippen LogP contribution in [0.25, 0.3) is 11.0 Å². The highest BCUT2D eigenvalue weighted by Crippen LogP contribution is 2.26.